The van der Waals surface area contributed by atoms with Gasteiger partial charge < -0.3 is 10.5 Å². The fourth-order valence-electron chi connectivity index (χ4n) is 1.77. The van der Waals surface area contributed by atoms with Crippen LogP contribution in [-0.2, 0) is 6.54 Å². The third kappa shape index (κ3) is 3.17. The van der Waals surface area contributed by atoms with Crippen LogP contribution in [0.2, 0.25) is 0 Å². The number of nitrogens with two attached hydrogens (primary N) is 1. The highest BCUT2D eigenvalue weighted by molar-refractivity contribution is 9.10. The maximum Gasteiger partial charge on any atom is 0.134 e. The van der Waals surface area contributed by atoms with Crippen LogP contribution in [0, 0.1) is 11.8 Å². The molecule has 0 radical (unpaired) electrons. The van der Waals surface area contributed by atoms with Gasteiger partial charge in [0.25, 0.3) is 0 Å². The molecule has 0 aliphatic carbocycles. The van der Waals surface area contributed by atoms with E-state index in [4.69, 9.17) is 10.5 Å². The summed E-state index contributed by atoms with van der Waals surface area (Å²) in [6.45, 7) is 0.456. The Morgan fingerprint density at radius 1 is 1.05 bits per heavy atom. The molecule has 2 rings (SSSR count). The SMILES string of the molecule is COc1ccccc1C#Cc1cccc(Br)c1CN. The Morgan fingerprint density at radius 2 is 1.74 bits per heavy atom. The number of methoxy groups -OCH3 is 1. The summed E-state index contributed by atoms with van der Waals surface area (Å²) in [4.78, 5) is 0. The zero-order valence-corrected chi connectivity index (χ0v) is 12.2. The van der Waals surface area contributed by atoms with Crippen LogP contribution in [0.4, 0.5) is 0 Å². The number of hydrogen-bond donors (Lipinski definition) is 1. The van der Waals surface area contributed by atoms with Gasteiger partial charge in [0.05, 0.1) is 12.7 Å². The number of hydrogen-bond acceptors (Lipinski definition) is 2. The molecule has 2 nitrogen and oxygen atoms in total. The van der Waals surface area contributed by atoms with Crippen LogP contribution < -0.4 is 10.5 Å². The Bertz CT molecular complexity index is 641. The number of ether oxygens (including phenoxy) is 1. The average molecular weight is 316 g/mol. The number of halogens is 1. The van der Waals surface area contributed by atoms with Crippen molar-refractivity contribution in [2.24, 2.45) is 5.73 Å². The largest absolute Gasteiger partial charge is 0.495 e. The molecule has 0 aliphatic rings. The van der Waals surface area contributed by atoms with Crippen molar-refractivity contribution >= 4 is 15.9 Å². The van der Waals surface area contributed by atoms with E-state index in [1.807, 2.05) is 42.5 Å². The van der Waals surface area contributed by atoms with Crippen molar-refractivity contribution in [2.75, 3.05) is 7.11 Å². The van der Waals surface area contributed by atoms with E-state index in [2.05, 4.69) is 27.8 Å². The molecule has 0 fully saturated rings. The van der Waals surface area contributed by atoms with Crippen LogP contribution in [0.5, 0.6) is 5.75 Å². The standard InChI is InChI=1S/C16H14BrNO/c1-19-16-8-3-2-5-13(16)10-9-12-6-4-7-15(17)14(12)11-18/h2-8H,11,18H2,1H3. The van der Waals surface area contributed by atoms with E-state index in [1.54, 1.807) is 7.11 Å². The highest BCUT2D eigenvalue weighted by Gasteiger charge is 2.02. The second-order valence-corrected chi connectivity index (χ2v) is 4.77. The van der Waals surface area contributed by atoms with Crippen LogP contribution in [0.1, 0.15) is 16.7 Å². The van der Waals surface area contributed by atoms with Crippen molar-refractivity contribution in [1.82, 2.24) is 0 Å². The fraction of sp³-hybridized carbons (Fsp3) is 0.125. The summed E-state index contributed by atoms with van der Waals surface area (Å²) in [6, 6.07) is 13.6. The van der Waals surface area contributed by atoms with Gasteiger partial charge >= 0.3 is 0 Å². The summed E-state index contributed by atoms with van der Waals surface area (Å²) >= 11 is 3.49. The summed E-state index contributed by atoms with van der Waals surface area (Å²) in [5.74, 6) is 7.06. The van der Waals surface area contributed by atoms with Crippen molar-refractivity contribution in [3.05, 3.63) is 63.6 Å². The molecule has 0 saturated heterocycles. The highest BCUT2D eigenvalue weighted by Crippen LogP contribution is 2.20. The van der Waals surface area contributed by atoms with Crippen LogP contribution >= 0.6 is 15.9 Å². The Kier molecular flexibility index (Phi) is 4.62. The van der Waals surface area contributed by atoms with Crippen LogP contribution in [0.15, 0.2) is 46.9 Å². The zero-order chi connectivity index (χ0) is 13.7. The van der Waals surface area contributed by atoms with E-state index in [9.17, 15) is 0 Å². The van der Waals surface area contributed by atoms with Gasteiger partial charge in [0.1, 0.15) is 5.75 Å². The first kappa shape index (κ1) is 13.7. The minimum Gasteiger partial charge on any atom is -0.495 e. The quantitative estimate of drug-likeness (QED) is 0.863. The summed E-state index contributed by atoms with van der Waals surface area (Å²) < 4.78 is 6.27. The lowest BCUT2D eigenvalue weighted by Gasteiger charge is -2.04. The Labute approximate surface area is 121 Å². The van der Waals surface area contributed by atoms with Gasteiger partial charge in [-0.3, -0.25) is 0 Å². The van der Waals surface area contributed by atoms with E-state index in [-0.39, 0.29) is 0 Å². The summed E-state index contributed by atoms with van der Waals surface area (Å²) in [6.07, 6.45) is 0. The molecule has 0 saturated carbocycles. The molecule has 0 bridgehead atoms. The third-order valence-corrected chi connectivity index (χ3v) is 3.50. The average Bonchev–Trinajstić information content (AvgIpc) is 2.45. The first-order chi connectivity index (χ1) is 9.26. The van der Waals surface area contributed by atoms with E-state index in [0.717, 1.165) is 26.9 Å². The van der Waals surface area contributed by atoms with Gasteiger partial charge in [0, 0.05) is 16.6 Å². The molecule has 96 valence electrons. The number of para-hydroxylation sites is 1. The van der Waals surface area contributed by atoms with Crippen molar-refractivity contribution in [1.29, 1.82) is 0 Å². The van der Waals surface area contributed by atoms with E-state index in [1.165, 1.54) is 0 Å². The van der Waals surface area contributed by atoms with E-state index in [0.29, 0.717) is 6.54 Å². The fourth-order valence-corrected chi connectivity index (χ4v) is 2.29. The Morgan fingerprint density at radius 3 is 2.47 bits per heavy atom. The minimum atomic E-state index is 0.456. The molecule has 2 aromatic rings. The lowest BCUT2D eigenvalue weighted by molar-refractivity contribution is 0.413. The van der Waals surface area contributed by atoms with Gasteiger partial charge in [-0.1, -0.05) is 46.0 Å². The maximum atomic E-state index is 5.75. The number of rotatable bonds is 2. The molecule has 2 aromatic carbocycles. The minimum absolute atomic E-state index is 0.456. The van der Waals surface area contributed by atoms with Crippen molar-refractivity contribution < 1.29 is 4.74 Å². The van der Waals surface area contributed by atoms with Crippen molar-refractivity contribution in [3.8, 4) is 17.6 Å². The monoisotopic (exact) mass is 315 g/mol. The molecule has 3 heteroatoms. The van der Waals surface area contributed by atoms with Gasteiger partial charge in [-0.25, -0.2) is 0 Å². The van der Waals surface area contributed by atoms with Crippen molar-refractivity contribution in [2.45, 2.75) is 6.54 Å². The van der Waals surface area contributed by atoms with Gasteiger partial charge in [0.2, 0.25) is 0 Å². The smallest absolute Gasteiger partial charge is 0.134 e. The summed E-state index contributed by atoms with van der Waals surface area (Å²) in [5.41, 5.74) is 8.57. The molecule has 0 aliphatic heterocycles. The van der Waals surface area contributed by atoms with Gasteiger partial charge in [0.15, 0.2) is 0 Å². The highest BCUT2D eigenvalue weighted by atomic mass is 79.9. The van der Waals surface area contributed by atoms with Gasteiger partial charge in [-0.05, 0) is 29.8 Å². The third-order valence-electron chi connectivity index (χ3n) is 2.76. The van der Waals surface area contributed by atoms with Crippen LogP contribution in [0.3, 0.4) is 0 Å². The summed E-state index contributed by atoms with van der Waals surface area (Å²) in [5, 5.41) is 0. The van der Waals surface area contributed by atoms with E-state index >= 15 is 0 Å². The molecule has 0 spiro atoms. The second kappa shape index (κ2) is 6.42. The lowest BCUT2D eigenvalue weighted by atomic mass is 10.1. The van der Waals surface area contributed by atoms with E-state index < -0.39 is 0 Å². The Balaban J connectivity index is 2.42. The van der Waals surface area contributed by atoms with Gasteiger partial charge in [-0.2, -0.15) is 0 Å². The molecule has 2 N–H and O–H groups in total. The first-order valence-corrected chi connectivity index (χ1v) is 6.68. The molecular formula is C16H14BrNO. The van der Waals surface area contributed by atoms with Crippen LogP contribution in [0.25, 0.3) is 0 Å². The predicted molar refractivity (Wildman–Crippen MR) is 81.0 cm³/mol. The van der Waals surface area contributed by atoms with Crippen LogP contribution in [-0.4, -0.2) is 7.11 Å². The summed E-state index contributed by atoms with van der Waals surface area (Å²) in [7, 11) is 1.64. The normalized spacial score (nSPS) is 9.63. The lowest BCUT2D eigenvalue weighted by Crippen LogP contribution is -2.00. The first-order valence-electron chi connectivity index (χ1n) is 5.88. The topological polar surface area (TPSA) is 35.2 Å². The predicted octanol–water partition coefficient (Wildman–Crippen LogP) is 3.32. The molecular weight excluding hydrogens is 302 g/mol. The van der Waals surface area contributed by atoms with Gasteiger partial charge in [-0.15, -0.1) is 0 Å². The molecule has 0 heterocycles. The zero-order valence-electron chi connectivity index (χ0n) is 10.6. The molecule has 0 aromatic heterocycles. The maximum absolute atomic E-state index is 5.75. The molecule has 0 atom stereocenters. The molecule has 19 heavy (non-hydrogen) atoms. The molecule has 0 unspecified atom stereocenters. The van der Waals surface area contributed by atoms with Crippen molar-refractivity contribution in [3.63, 3.8) is 0 Å². The number of benzene rings is 2. The second-order valence-electron chi connectivity index (χ2n) is 3.92. The molecule has 0 amide bonds. The Hall–Kier alpha value is -1.76.